The largest absolute Gasteiger partial charge is 0.324 e. The molecule has 1 rings (SSSR count). The zero-order valence-corrected chi connectivity index (χ0v) is 10.8. The van der Waals surface area contributed by atoms with Crippen molar-refractivity contribution in [2.24, 2.45) is 0 Å². The highest BCUT2D eigenvalue weighted by atomic mass is 79.9. The second-order valence-corrected chi connectivity index (χ2v) is 4.31. The van der Waals surface area contributed by atoms with E-state index < -0.39 is 0 Å². The van der Waals surface area contributed by atoms with Crippen LogP contribution in [0.1, 0.15) is 5.56 Å². The molecule has 16 heavy (non-hydrogen) atoms. The molecule has 0 saturated carbocycles. The van der Waals surface area contributed by atoms with Crippen molar-refractivity contribution in [2.75, 3.05) is 18.4 Å². The Kier molecular flexibility index (Phi) is 5.22. The van der Waals surface area contributed by atoms with E-state index in [9.17, 15) is 4.79 Å². The molecule has 2 N–H and O–H groups in total. The number of halogens is 1. The molecule has 0 aliphatic carbocycles. The van der Waals surface area contributed by atoms with Gasteiger partial charge in [-0.3, -0.25) is 4.79 Å². The monoisotopic (exact) mass is 282 g/mol. The fourth-order valence-corrected chi connectivity index (χ4v) is 1.56. The molecule has 1 aromatic rings. The third kappa shape index (κ3) is 4.16. The van der Waals surface area contributed by atoms with Gasteiger partial charge in [0.2, 0.25) is 5.91 Å². The third-order valence-corrected chi connectivity index (χ3v) is 2.66. The molecule has 0 aliphatic rings. The van der Waals surface area contributed by atoms with Gasteiger partial charge in [-0.25, -0.2) is 0 Å². The molecule has 0 atom stereocenters. The van der Waals surface area contributed by atoms with Crippen LogP contribution in [0.4, 0.5) is 5.69 Å². The lowest BCUT2D eigenvalue weighted by Gasteiger charge is -2.08. The number of carbonyl (C=O) groups excluding carboxylic acids is 1. The van der Waals surface area contributed by atoms with Gasteiger partial charge < -0.3 is 10.6 Å². The van der Waals surface area contributed by atoms with E-state index in [0.29, 0.717) is 6.54 Å². The number of hydrogen-bond donors (Lipinski definition) is 2. The van der Waals surface area contributed by atoms with Crippen molar-refractivity contribution in [2.45, 2.75) is 6.92 Å². The van der Waals surface area contributed by atoms with Crippen molar-refractivity contribution in [1.82, 2.24) is 5.32 Å². The zero-order chi connectivity index (χ0) is 12.0. The van der Waals surface area contributed by atoms with Gasteiger partial charge in [-0.2, -0.15) is 0 Å². The maximum atomic E-state index is 11.5. The quantitative estimate of drug-likeness (QED) is 0.644. The molecule has 0 unspecified atom stereocenters. The van der Waals surface area contributed by atoms with Gasteiger partial charge in [0, 0.05) is 11.0 Å². The molecule has 0 saturated heterocycles. The summed E-state index contributed by atoms with van der Waals surface area (Å²) in [5.74, 6) is -0.0619. The van der Waals surface area contributed by atoms with Crippen LogP contribution in [0.5, 0.6) is 0 Å². The van der Waals surface area contributed by atoms with E-state index >= 15 is 0 Å². The summed E-state index contributed by atoms with van der Waals surface area (Å²) in [6.07, 6.45) is 1.72. The van der Waals surface area contributed by atoms with Crippen LogP contribution in [0, 0.1) is 6.92 Å². The molecule has 0 bridgehead atoms. The number of anilines is 1. The number of hydrogen-bond acceptors (Lipinski definition) is 2. The average molecular weight is 283 g/mol. The number of rotatable bonds is 5. The summed E-state index contributed by atoms with van der Waals surface area (Å²) in [5, 5.41) is 5.77. The molecule has 0 aromatic heterocycles. The molecule has 4 heteroatoms. The minimum atomic E-state index is -0.0619. The van der Waals surface area contributed by atoms with E-state index in [1.807, 2.05) is 25.1 Å². The Hall–Kier alpha value is -1.13. The van der Waals surface area contributed by atoms with E-state index in [-0.39, 0.29) is 12.5 Å². The van der Waals surface area contributed by atoms with Gasteiger partial charge in [0.15, 0.2) is 0 Å². The fraction of sp³-hybridized carbons (Fsp3) is 0.250. The molecule has 0 aliphatic heterocycles. The Labute approximate surface area is 104 Å². The summed E-state index contributed by atoms with van der Waals surface area (Å²) in [6, 6.07) is 5.83. The van der Waals surface area contributed by atoms with Crippen molar-refractivity contribution in [3.05, 3.63) is 40.9 Å². The standard InChI is InChI=1S/C12H15BrN2O/c1-3-6-14-8-12(16)15-11-7-9(2)4-5-10(11)13/h3-5,7,14H,1,6,8H2,2H3,(H,15,16). The highest BCUT2D eigenvalue weighted by molar-refractivity contribution is 9.10. The second kappa shape index (κ2) is 6.45. The summed E-state index contributed by atoms with van der Waals surface area (Å²) in [4.78, 5) is 11.5. The lowest BCUT2D eigenvalue weighted by Crippen LogP contribution is -2.28. The summed E-state index contributed by atoms with van der Waals surface area (Å²) in [6.45, 7) is 6.46. The maximum Gasteiger partial charge on any atom is 0.238 e. The Balaban J connectivity index is 2.55. The van der Waals surface area contributed by atoms with Crippen molar-refractivity contribution >= 4 is 27.5 Å². The highest BCUT2D eigenvalue weighted by Crippen LogP contribution is 2.22. The molecule has 0 spiro atoms. The Morgan fingerprint density at radius 3 is 3.00 bits per heavy atom. The van der Waals surface area contributed by atoms with Crippen LogP contribution in [-0.2, 0) is 4.79 Å². The predicted octanol–water partition coefficient (Wildman–Crippen LogP) is 2.47. The van der Waals surface area contributed by atoms with Crippen LogP contribution in [0.2, 0.25) is 0 Å². The molecular formula is C12H15BrN2O. The molecule has 86 valence electrons. The van der Waals surface area contributed by atoms with Gasteiger partial charge in [0.1, 0.15) is 0 Å². The van der Waals surface area contributed by atoms with E-state index in [4.69, 9.17) is 0 Å². The van der Waals surface area contributed by atoms with Crippen LogP contribution in [0.15, 0.2) is 35.3 Å². The average Bonchev–Trinajstić information content (AvgIpc) is 2.24. The lowest BCUT2D eigenvalue weighted by atomic mass is 10.2. The highest BCUT2D eigenvalue weighted by Gasteiger charge is 2.04. The van der Waals surface area contributed by atoms with E-state index in [1.54, 1.807) is 6.08 Å². The van der Waals surface area contributed by atoms with Crippen LogP contribution in [0.25, 0.3) is 0 Å². The summed E-state index contributed by atoms with van der Waals surface area (Å²) >= 11 is 3.39. The van der Waals surface area contributed by atoms with Gasteiger partial charge >= 0.3 is 0 Å². The number of nitrogens with one attached hydrogen (secondary N) is 2. The van der Waals surface area contributed by atoms with Gasteiger partial charge in [-0.15, -0.1) is 6.58 Å². The molecule has 0 heterocycles. The maximum absolute atomic E-state index is 11.5. The summed E-state index contributed by atoms with van der Waals surface area (Å²) < 4.78 is 0.884. The first kappa shape index (κ1) is 12.9. The van der Waals surface area contributed by atoms with Gasteiger partial charge in [0.25, 0.3) is 0 Å². The topological polar surface area (TPSA) is 41.1 Å². The van der Waals surface area contributed by atoms with Crippen LogP contribution < -0.4 is 10.6 Å². The van der Waals surface area contributed by atoms with Crippen LogP contribution in [0.3, 0.4) is 0 Å². The molecule has 0 radical (unpaired) electrons. The van der Waals surface area contributed by atoms with Gasteiger partial charge in [-0.05, 0) is 40.5 Å². The Bertz CT molecular complexity index is 391. The minimum Gasteiger partial charge on any atom is -0.324 e. The molecule has 3 nitrogen and oxygen atoms in total. The third-order valence-electron chi connectivity index (χ3n) is 1.97. The summed E-state index contributed by atoms with van der Waals surface area (Å²) in [7, 11) is 0. The lowest BCUT2D eigenvalue weighted by molar-refractivity contribution is -0.115. The first-order valence-electron chi connectivity index (χ1n) is 5.01. The van der Waals surface area contributed by atoms with E-state index in [0.717, 1.165) is 15.7 Å². The smallest absolute Gasteiger partial charge is 0.238 e. The normalized spacial score (nSPS) is 9.88. The van der Waals surface area contributed by atoms with Gasteiger partial charge in [-0.1, -0.05) is 12.1 Å². The zero-order valence-electron chi connectivity index (χ0n) is 9.22. The first-order chi connectivity index (χ1) is 7.63. The van der Waals surface area contributed by atoms with E-state index in [1.165, 1.54) is 0 Å². The molecule has 1 amide bonds. The SMILES string of the molecule is C=CCNCC(=O)Nc1cc(C)ccc1Br. The van der Waals surface area contributed by atoms with Crippen molar-refractivity contribution in [1.29, 1.82) is 0 Å². The van der Waals surface area contributed by atoms with Crippen LogP contribution >= 0.6 is 15.9 Å². The van der Waals surface area contributed by atoms with Crippen molar-refractivity contribution in [3.8, 4) is 0 Å². The van der Waals surface area contributed by atoms with Crippen LogP contribution in [-0.4, -0.2) is 19.0 Å². The molecule has 1 aromatic carbocycles. The Morgan fingerprint density at radius 2 is 2.31 bits per heavy atom. The summed E-state index contributed by atoms with van der Waals surface area (Å²) in [5.41, 5.74) is 1.91. The number of carbonyl (C=O) groups is 1. The minimum absolute atomic E-state index is 0.0619. The van der Waals surface area contributed by atoms with E-state index in [2.05, 4.69) is 33.1 Å². The first-order valence-corrected chi connectivity index (χ1v) is 5.80. The van der Waals surface area contributed by atoms with Crippen molar-refractivity contribution < 1.29 is 4.79 Å². The number of benzene rings is 1. The molecule has 0 fully saturated rings. The second-order valence-electron chi connectivity index (χ2n) is 3.45. The van der Waals surface area contributed by atoms with Gasteiger partial charge in [0.05, 0.1) is 12.2 Å². The van der Waals surface area contributed by atoms with Crippen molar-refractivity contribution in [3.63, 3.8) is 0 Å². The number of aryl methyl sites for hydroxylation is 1. The predicted molar refractivity (Wildman–Crippen MR) is 70.6 cm³/mol. The Morgan fingerprint density at radius 1 is 1.56 bits per heavy atom. The number of amides is 1. The molecular weight excluding hydrogens is 268 g/mol. The fourth-order valence-electron chi connectivity index (χ4n) is 1.22.